The maximum atomic E-state index is 3.31. The fraction of sp³-hybridized carbons (Fsp3) is 1.00. The van der Waals surface area contributed by atoms with Gasteiger partial charge in [0.05, 0.1) is 0 Å². The lowest BCUT2D eigenvalue weighted by molar-refractivity contribution is 0.190. The van der Waals surface area contributed by atoms with Gasteiger partial charge in [-0.2, -0.15) is 0 Å². The molecule has 0 aliphatic rings. The lowest BCUT2D eigenvalue weighted by Gasteiger charge is -2.30. The average Bonchev–Trinajstić information content (AvgIpc) is 2.17. The second-order valence-electron chi connectivity index (χ2n) is 4.31. The Kier molecular flexibility index (Phi) is 8.20. The maximum absolute atomic E-state index is 3.31. The van der Waals surface area contributed by atoms with Crippen molar-refractivity contribution in [3.05, 3.63) is 0 Å². The van der Waals surface area contributed by atoms with Gasteiger partial charge in [0.25, 0.3) is 0 Å². The Morgan fingerprint density at radius 2 is 1.57 bits per heavy atom. The molecule has 2 unspecified atom stereocenters. The third kappa shape index (κ3) is 5.61. The molecule has 2 nitrogen and oxygen atoms in total. The van der Waals surface area contributed by atoms with E-state index >= 15 is 0 Å². The van der Waals surface area contributed by atoms with E-state index in [0.29, 0.717) is 12.1 Å². The Morgan fingerprint density at radius 3 is 1.93 bits per heavy atom. The van der Waals surface area contributed by atoms with Crippen LogP contribution in [0.25, 0.3) is 0 Å². The molecule has 0 amide bonds. The van der Waals surface area contributed by atoms with E-state index in [0.717, 1.165) is 0 Å². The zero-order chi connectivity index (χ0) is 11.0. The van der Waals surface area contributed by atoms with Crippen molar-refractivity contribution in [2.24, 2.45) is 0 Å². The number of hydrogen-bond donors (Lipinski definition) is 1. The zero-order valence-electron chi connectivity index (χ0n) is 10.6. The van der Waals surface area contributed by atoms with Gasteiger partial charge in [0, 0.05) is 12.1 Å². The molecule has 0 saturated carbocycles. The molecule has 0 spiro atoms. The van der Waals surface area contributed by atoms with E-state index < -0.39 is 0 Å². The monoisotopic (exact) mass is 200 g/mol. The minimum absolute atomic E-state index is 0.626. The Bertz CT molecular complexity index is 119. The summed E-state index contributed by atoms with van der Waals surface area (Å²) in [5.74, 6) is 0. The van der Waals surface area contributed by atoms with Crippen molar-refractivity contribution in [1.82, 2.24) is 10.2 Å². The molecule has 0 aromatic heterocycles. The highest BCUT2D eigenvalue weighted by atomic mass is 15.1. The summed E-state index contributed by atoms with van der Waals surface area (Å²) in [6.45, 7) is 11.6. The predicted octanol–water partition coefficient (Wildman–Crippen LogP) is 2.49. The molecule has 2 atom stereocenters. The lowest BCUT2D eigenvalue weighted by atomic mass is 10.1. The Hall–Kier alpha value is -0.0800. The summed E-state index contributed by atoms with van der Waals surface area (Å²) in [7, 11) is 2.04. The SMILES string of the molecule is CCCN(CCC)C(C)CC(C)NC. The van der Waals surface area contributed by atoms with E-state index in [1.165, 1.54) is 32.4 Å². The smallest absolute Gasteiger partial charge is 0.00816 e. The molecular formula is C12H28N2. The second kappa shape index (κ2) is 8.25. The molecule has 0 radical (unpaired) electrons. The third-order valence-electron chi connectivity index (χ3n) is 2.83. The predicted molar refractivity (Wildman–Crippen MR) is 64.8 cm³/mol. The number of hydrogen-bond acceptors (Lipinski definition) is 2. The normalized spacial score (nSPS) is 15.9. The molecule has 0 aromatic carbocycles. The van der Waals surface area contributed by atoms with Crippen molar-refractivity contribution < 1.29 is 0 Å². The quantitative estimate of drug-likeness (QED) is 0.647. The molecule has 0 bridgehead atoms. The van der Waals surface area contributed by atoms with Gasteiger partial charge in [-0.15, -0.1) is 0 Å². The largest absolute Gasteiger partial charge is 0.317 e. The van der Waals surface area contributed by atoms with E-state index in [4.69, 9.17) is 0 Å². The van der Waals surface area contributed by atoms with Crippen LogP contribution in [0.5, 0.6) is 0 Å². The summed E-state index contributed by atoms with van der Waals surface area (Å²) in [6, 6.07) is 1.33. The van der Waals surface area contributed by atoms with Crippen molar-refractivity contribution in [1.29, 1.82) is 0 Å². The molecule has 14 heavy (non-hydrogen) atoms. The summed E-state index contributed by atoms with van der Waals surface area (Å²) in [5.41, 5.74) is 0. The molecule has 1 N–H and O–H groups in total. The summed E-state index contributed by atoms with van der Waals surface area (Å²) >= 11 is 0. The number of rotatable bonds is 8. The first-order chi connectivity index (χ1) is 6.65. The first kappa shape index (κ1) is 13.9. The average molecular weight is 200 g/mol. The molecule has 86 valence electrons. The van der Waals surface area contributed by atoms with E-state index in [1.807, 2.05) is 7.05 Å². The highest BCUT2D eigenvalue weighted by molar-refractivity contribution is 4.71. The topological polar surface area (TPSA) is 15.3 Å². The molecule has 0 aromatic rings. The Morgan fingerprint density at radius 1 is 1.07 bits per heavy atom. The third-order valence-corrected chi connectivity index (χ3v) is 2.83. The second-order valence-corrected chi connectivity index (χ2v) is 4.31. The van der Waals surface area contributed by atoms with E-state index in [2.05, 4.69) is 37.9 Å². The van der Waals surface area contributed by atoms with Crippen LogP contribution >= 0.6 is 0 Å². The molecule has 0 heterocycles. The fourth-order valence-electron chi connectivity index (χ4n) is 1.91. The van der Waals surface area contributed by atoms with Gasteiger partial charge in [-0.1, -0.05) is 13.8 Å². The number of nitrogens with one attached hydrogen (secondary N) is 1. The van der Waals surface area contributed by atoms with Crippen LogP contribution in [0.4, 0.5) is 0 Å². The van der Waals surface area contributed by atoms with Crippen molar-refractivity contribution in [3.8, 4) is 0 Å². The highest BCUT2D eigenvalue weighted by Crippen LogP contribution is 2.08. The zero-order valence-corrected chi connectivity index (χ0v) is 10.6. The first-order valence-corrected chi connectivity index (χ1v) is 6.06. The van der Waals surface area contributed by atoms with E-state index in [9.17, 15) is 0 Å². The Balaban J connectivity index is 3.92. The van der Waals surface area contributed by atoms with Gasteiger partial charge in [0.2, 0.25) is 0 Å². The standard InChI is InChI=1S/C12H28N2/c1-6-8-14(9-7-2)12(4)10-11(3)13-5/h11-13H,6-10H2,1-5H3. The lowest BCUT2D eigenvalue weighted by Crippen LogP contribution is -2.38. The van der Waals surface area contributed by atoms with Crippen LogP contribution in [0.2, 0.25) is 0 Å². The van der Waals surface area contributed by atoms with E-state index in [1.54, 1.807) is 0 Å². The van der Waals surface area contributed by atoms with Crippen LogP contribution in [-0.2, 0) is 0 Å². The highest BCUT2D eigenvalue weighted by Gasteiger charge is 2.13. The van der Waals surface area contributed by atoms with Gasteiger partial charge in [0.1, 0.15) is 0 Å². The van der Waals surface area contributed by atoms with Crippen LogP contribution in [0.15, 0.2) is 0 Å². The summed E-state index contributed by atoms with van der Waals surface area (Å²) in [4.78, 5) is 2.60. The van der Waals surface area contributed by atoms with E-state index in [-0.39, 0.29) is 0 Å². The summed E-state index contributed by atoms with van der Waals surface area (Å²) in [6.07, 6.45) is 3.77. The van der Waals surface area contributed by atoms with Gasteiger partial charge >= 0.3 is 0 Å². The van der Waals surface area contributed by atoms with Crippen molar-refractivity contribution in [2.75, 3.05) is 20.1 Å². The first-order valence-electron chi connectivity index (χ1n) is 6.06. The maximum Gasteiger partial charge on any atom is 0.00816 e. The number of nitrogens with zero attached hydrogens (tertiary/aromatic N) is 1. The Labute approximate surface area is 90.1 Å². The minimum atomic E-state index is 0.626. The van der Waals surface area contributed by atoms with Gasteiger partial charge < -0.3 is 10.2 Å². The molecule has 0 saturated heterocycles. The van der Waals surface area contributed by atoms with Gasteiger partial charge in [-0.25, -0.2) is 0 Å². The molecule has 0 aliphatic heterocycles. The fourth-order valence-corrected chi connectivity index (χ4v) is 1.91. The minimum Gasteiger partial charge on any atom is -0.317 e. The molecule has 0 aliphatic carbocycles. The summed E-state index contributed by atoms with van der Waals surface area (Å²) in [5, 5.41) is 3.31. The molecule has 2 heteroatoms. The van der Waals surface area contributed by atoms with Gasteiger partial charge in [-0.3, -0.25) is 0 Å². The summed E-state index contributed by atoms with van der Waals surface area (Å²) < 4.78 is 0. The van der Waals surface area contributed by atoms with Gasteiger partial charge in [0.15, 0.2) is 0 Å². The van der Waals surface area contributed by atoms with Crippen LogP contribution in [0.3, 0.4) is 0 Å². The van der Waals surface area contributed by atoms with Crippen LogP contribution in [-0.4, -0.2) is 37.1 Å². The van der Waals surface area contributed by atoms with Gasteiger partial charge in [-0.05, 0) is 53.2 Å². The molecular weight excluding hydrogens is 172 g/mol. The van der Waals surface area contributed by atoms with Crippen LogP contribution < -0.4 is 5.32 Å². The molecule has 0 rings (SSSR count). The van der Waals surface area contributed by atoms with Crippen molar-refractivity contribution in [2.45, 2.75) is 59.0 Å². The van der Waals surface area contributed by atoms with Crippen molar-refractivity contribution in [3.63, 3.8) is 0 Å². The van der Waals surface area contributed by atoms with Crippen LogP contribution in [0, 0.1) is 0 Å². The van der Waals surface area contributed by atoms with Crippen molar-refractivity contribution >= 4 is 0 Å². The van der Waals surface area contributed by atoms with Crippen LogP contribution in [0.1, 0.15) is 47.0 Å². The molecule has 0 fully saturated rings.